The summed E-state index contributed by atoms with van der Waals surface area (Å²) < 4.78 is 0. The Morgan fingerprint density at radius 2 is 2.13 bits per heavy atom. The third-order valence-corrected chi connectivity index (χ3v) is 2.39. The lowest BCUT2D eigenvalue weighted by atomic mass is 10.3. The van der Waals surface area contributed by atoms with Crippen molar-refractivity contribution in [3.8, 4) is 0 Å². The Morgan fingerprint density at radius 1 is 1.27 bits per heavy atom. The fourth-order valence-corrected chi connectivity index (χ4v) is 1.54. The Hall–Kier alpha value is -1.26. The van der Waals surface area contributed by atoms with Crippen LogP contribution in [0.1, 0.15) is 12.2 Å². The quantitative estimate of drug-likeness (QED) is 0.856. The molecule has 15 heavy (non-hydrogen) atoms. The van der Waals surface area contributed by atoms with E-state index in [0.717, 1.165) is 24.2 Å². The summed E-state index contributed by atoms with van der Waals surface area (Å²) in [6.07, 6.45) is 1.62. The molecule has 0 spiro atoms. The molecule has 78 valence electrons. The van der Waals surface area contributed by atoms with Crippen LogP contribution in [0.4, 0.5) is 0 Å². The predicted octanol–water partition coefficient (Wildman–Crippen LogP) is 1.57. The van der Waals surface area contributed by atoms with Crippen LogP contribution in [0.15, 0.2) is 18.2 Å². The van der Waals surface area contributed by atoms with Gasteiger partial charge in [0.1, 0.15) is 5.52 Å². The molecule has 0 saturated carbocycles. The van der Waals surface area contributed by atoms with Gasteiger partial charge in [-0.1, -0.05) is 17.7 Å². The summed E-state index contributed by atoms with van der Waals surface area (Å²) in [5.74, 6) is 0.718. The first-order valence-electron chi connectivity index (χ1n) is 4.79. The minimum Gasteiger partial charge on any atom is -0.330 e. The molecule has 0 fully saturated rings. The van der Waals surface area contributed by atoms with Crippen molar-refractivity contribution in [2.45, 2.75) is 12.8 Å². The zero-order valence-corrected chi connectivity index (χ0v) is 8.91. The van der Waals surface area contributed by atoms with Gasteiger partial charge in [-0.05, 0) is 25.1 Å². The number of aromatic nitrogens is 3. The van der Waals surface area contributed by atoms with Crippen molar-refractivity contribution in [2.75, 3.05) is 6.54 Å². The molecule has 0 bridgehead atoms. The smallest absolute Gasteiger partial charge is 0.151 e. The van der Waals surface area contributed by atoms with Crippen molar-refractivity contribution >= 4 is 22.6 Å². The number of hydrogen-bond acceptors (Lipinski definition) is 4. The van der Waals surface area contributed by atoms with Gasteiger partial charge in [0.2, 0.25) is 0 Å². The van der Waals surface area contributed by atoms with Crippen LogP contribution in [-0.4, -0.2) is 21.7 Å². The number of hydrogen-bond donors (Lipinski definition) is 1. The number of aryl methyl sites for hydroxylation is 1. The molecule has 5 heteroatoms. The van der Waals surface area contributed by atoms with Gasteiger partial charge in [0.15, 0.2) is 5.82 Å². The van der Waals surface area contributed by atoms with Gasteiger partial charge in [-0.3, -0.25) is 0 Å². The molecule has 0 unspecified atom stereocenters. The molecule has 0 saturated heterocycles. The number of halogens is 1. The topological polar surface area (TPSA) is 64.7 Å². The minimum absolute atomic E-state index is 0.581. The molecule has 0 amide bonds. The van der Waals surface area contributed by atoms with E-state index in [1.54, 1.807) is 6.07 Å². The van der Waals surface area contributed by atoms with Crippen LogP contribution >= 0.6 is 11.6 Å². The van der Waals surface area contributed by atoms with Gasteiger partial charge in [0.05, 0.1) is 10.5 Å². The van der Waals surface area contributed by atoms with Crippen LogP contribution in [0.2, 0.25) is 5.02 Å². The van der Waals surface area contributed by atoms with Gasteiger partial charge in [-0.2, -0.15) is 0 Å². The molecule has 2 N–H and O–H groups in total. The van der Waals surface area contributed by atoms with Crippen LogP contribution in [0, 0.1) is 0 Å². The van der Waals surface area contributed by atoms with Crippen molar-refractivity contribution in [2.24, 2.45) is 5.73 Å². The number of rotatable bonds is 3. The van der Waals surface area contributed by atoms with Crippen LogP contribution in [0.3, 0.4) is 0 Å². The van der Waals surface area contributed by atoms with E-state index < -0.39 is 0 Å². The van der Waals surface area contributed by atoms with Gasteiger partial charge in [0, 0.05) is 6.42 Å². The number of fused-ring (bicyclic) bond motifs is 1. The molecule has 1 aromatic heterocycles. The first kappa shape index (κ1) is 10.3. The molecule has 2 rings (SSSR count). The lowest BCUT2D eigenvalue weighted by Gasteiger charge is -2.00. The van der Waals surface area contributed by atoms with Gasteiger partial charge in [-0.15, -0.1) is 10.2 Å². The Kier molecular flexibility index (Phi) is 3.08. The molecule has 0 aliphatic heterocycles. The predicted molar refractivity (Wildman–Crippen MR) is 59.7 cm³/mol. The number of benzene rings is 1. The van der Waals surface area contributed by atoms with Crippen molar-refractivity contribution in [1.82, 2.24) is 15.2 Å². The van der Waals surface area contributed by atoms with Crippen LogP contribution in [0.5, 0.6) is 0 Å². The van der Waals surface area contributed by atoms with Crippen LogP contribution < -0.4 is 5.73 Å². The van der Waals surface area contributed by atoms with E-state index in [4.69, 9.17) is 17.3 Å². The summed E-state index contributed by atoms with van der Waals surface area (Å²) >= 11 is 5.95. The van der Waals surface area contributed by atoms with Gasteiger partial charge in [-0.25, -0.2) is 4.98 Å². The normalized spacial score (nSPS) is 10.8. The first-order valence-corrected chi connectivity index (χ1v) is 5.17. The molecule has 1 aromatic carbocycles. The van der Waals surface area contributed by atoms with Crippen LogP contribution in [0.25, 0.3) is 11.0 Å². The summed E-state index contributed by atoms with van der Waals surface area (Å²) in [4.78, 5) is 4.36. The number of nitrogens with two attached hydrogens (primary N) is 1. The Bertz CT molecular complexity index is 472. The van der Waals surface area contributed by atoms with Gasteiger partial charge >= 0.3 is 0 Å². The van der Waals surface area contributed by atoms with Crippen LogP contribution in [-0.2, 0) is 6.42 Å². The van der Waals surface area contributed by atoms with Crippen molar-refractivity contribution in [3.05, 3.63) is 29.0 Å². The SMILES string of the molecule is NCCCc1nnc2c(Cl)cccc2n1. The van der Waals surface area contributed by atoms with E-state index in [1.807, 2.05) is 12.1 Å². The lowest BCUT2D eigenvalue weighted by molar-refractivity contribution is 0.764. The summed E-state index contributed by atoms with van der Waals surface area (Å²) in [5, 5.41) is 8.63. The molecular formula is C10H11ClN4. The second-order valence-corrected chi connectivity index (χ2v) is 3.64. The number of nitrogens with zero attached hydrogens (tertiary/aromatic N) is 3. The standard InChI is InChI=1S/C10H11ClN4/c11-7-3-1-4-8-10(7)15-14-9(13-8)5-2-6-12/h1,3-4H,2,5-6,12H2. The van der Waals surface area contributed by atoms with E-state index in [9.17, 15) is 0 Å². The maximum atomic E-state index is 5.95. The third kappa shape index (κ3) is 2.22. The second-order valence-electron chi connectivity index (χ2n) is 3.23. The fraction of sp³-hybridized carbons (Fsp3) is 0.300. The largest absolute Gasteiger partial charge is 0.330 e. The van der Waals surface area contributed by atoms with Crippen molar-refractivity contribution < 1.29 is 0 Å². The average Bonchev–Trinajstić information content (AvgIpc) is 2.26. The molecule has 4 nitrogen and oxygen atoms in total. The Labute approximate surface area is 92.5 Å². The zero-order valence-electron chi connectivity index (χ0n) is 8.15. The lowest BCUT2D eigenvalue weighted by Crippen LogP contribution is -2.04. The van der Waals surface area contributed by atoms with Gasteiger partial charge < -0.3 is 5.73 Å². The fourth-order valence-electron chi connectivity index (χ4n) is 1.33. The highest BCUT2D eigenvalue weighted by molar-refractivity contribution is 6.34. The third-order valence-electron chi connectivity index (χ3n) is 2.08. The van der Waals surface area contributed by atoms with E-state index in [-0.39, 0.29) is 0 Å². The summed E-state index contributed by atoms with van der Waals surface area (Å²) in [6, 6.07) is 5.51. The monoisotopic (exact) mass is 222 g/mol. The Morgan fingerprint density at radius 3 is 2.93 bits per heavy atom. The maximum Gasteiger partial charge on any atom is 0.151 e. The summed E-state index contributed by atoms with van der Waals surface area (Å²) in [5.41, 5.74) is 6.85. The summed E-state index contributed by atoms with van der Waals surface area (Å²) in [6.45, 7) is 0.636. The highest BCUT2D eigenvalue weighted by Crippen LogP contribution is 2.18. The highest BCUT2D eigenvalue weighted by Gasteiger charge is 2.03. The van der Waals surface area contributed by atoms with E-state index >= 15 is 0 Å². The minimum atomic E-state index is 0.581. The molecule has 2 aromatic rings. The molecule has 0 aliphatic carbocycles. The molecule has 0 atom stereocenters. The summed E-state index contributed by atoms with van der Waals surface area (Å²) in [7, 11) is 0. The van der Waals surface area contributed by atoms with E-state index in [0.29, 0.717) is 17.1 Å². The zero-order chi connectivity index (χ0) is 10.7. The van der Waals surface area contributed by atoms with Gasteiger partial charge in [0.25, 0.3) is 0 Å². The first-order chi connectivity index (χ1) is 7.31. The average molecular weight is 223 g/mol. The second kappa shape index (κ2) is 4.51. The van der Waals surface area contributed by atoms with E-state index in [1.165, 1.54) is 0 Å². The highest BCUT2D eigenvalue weighted by atomic mass is 35.5. The molecule has 1 heterocycles. The maximum absolute atomic E-state index is 5.95. The van der Waals surface area contributed by atoms with Crippen molar-refractivity contribution in [3.63, 3.8) is 0 Å². The molecule has 0 radical (unpaired) electrons. The Balaban J connectivity index is 2.39. The molecule has 0 aliphatic rings. The van der Waals surface area contributed by atoms with Crippen molar-refractivity contribution in [1.29, 1.82) is 0 Å². The molecular weight excluding hydrogens is 212 g/mol. The van der Waals surface area contributed by atoms with E-state index in [2.05, 4.69) is 15.2 Å².